The van der Waals surface area contributed by atoms with E-state index in [-0.39, 0.29) is 25.8 Å². The van der Waals surface area contributed by atoms with E-state index in [9.17, 15) is 14.3 Å². The number of esters is 1. The maximum absolute atomic E-state index is 12.4. The van der Waals surface area contributed by atoms with Crippen LogP contribution in [0, 0.1) is 0 Å². The molecule has 49 heavy (non-hydrogen) atoms. The molecule has 0 aliphatic rings. The van der Waals surface area contributed by atoms with E-state index in [1.807, 2.05) is 27.2 Å². The largest absolute Gasteiger partial charge is 0.492 e. The van der Waals surface area contributed by atoms with E-state index in [4.69, 9.17) is 18.5 Å². The van der Waals surface area contributed by atoms with Crippen molar-refractivity contribution in [3.63, 3.8) is 0 Å². The third-order valence-electron chi connectivity index (χ3n) is 8.26. The number of carbonyl (C=O) groups is 1. The number of phosphoric ester groups is 1. The van der Waals surface area contributed by atoms with Gasteiger partial charge < -0.3 is 18.9 Å². The second kappa shape index (κ2) is 33.7. The summed E-state index contributed by atoms with van der Waals surface area (Å²) in [6, 6.07) is 0. The van der Waals surface area contributed by atoms with E-state index in [0.717, 1.165) is 38.5 Å². The fourth-order valence-corrected chi connectivity index (χ4v) is 5.78. The summed E-state index contributed by atoms with van der Waals surface area (Å²) < 4.78 is 34.6. The van der Waals surface area contributed by atoms with Crippen LogP contribution < -0.4 is 0 Å². The van der Waals surface area contributed by atoms with Gasteiger partial charge >= 0.3 is 13.8 Å². The Hall–Kier alpha value is -1.44. The first-order valence-electron chi connectivity index (χ1n) is 19.8. The van der Waals surface area contributed by atoms with Gasteiger partial charge in [-0.1, -0.05) is 115 Å². The normalized spacial score (nSPS) is 14.2. The Balaban J connectivity index is 4.36. The average molecular weight is 715 g/mol. The van der Waals surface area contributed by atoms with E-state index in [1.165, 1.54) is 103 Å². The Kier molecular flexibility index (Phi) is 32.7. The van der Waals surface area contributed by atoms with E-state index >= 15 is 0 Å². The lowest BCUT2D eigenvalue weighted by molar-refractivity contribution is -0.870. The minimum absolute atomic E-state index is 0.0551. The molecule has 0 aromatic heterocycles. The number of allylic oxidation sites excluding steroid dienone is 5. The molecule has 288 valence electrons. The molecule has 8 nitrogen and oxygen atoms in total. The molecular formula is C40H77NO7P+. The Bertz CT molecular complexity index is 884. The highest BCUT2D eigenvalue weighted by atomic mass is 31.2. The van der Waals surface area contributed by atoms with Gasteiger partial charge in [0.2, 0.25) is 0 Å². The van der Waals surface area contributed by atoms with Crippen molar-refractivity contribution < 1.29 is 37.3 Å². The Morgan fingerprint density at radius 1 is 0.633 bits per heavy atom. The van der Waals surface area contributed by atoms with E-state index < -0.39 is 13.9 Å². The van der Waals surface area contributed by atoms with Gasteiger partial charge in [-0.3, -0.25) is 13.8 Å². The predicted molar refractivity (Wildman–Crippen MR) is 205 cm³/mol. The van der Waals surface area contributed by atoms with Gasteiger partial charge in [-0.25, -0.2) is 4.57 Å². The molecule has 0 aliphatic carbocycles. The van der Waals surface area contributed by atoms with Gasteiger partial charge in [0.1, 0.15) is 19.8 Å². The first-order valence-corrected chi connectivity index (χ1v) is 21.3. The van der Waals surface area contributed by atoms with Crippen LogP contribution in [0.1, 0.15) is 162 Å². The lowest BCUT2D eigenvalue weighted by atomic mass is 10.1. The van der Waals surface area contributed by atoms with Crippen LogP contribution in [0.4, 0.5) is 0 Å². The number of ether oxygens (including phenoxy) is 2. The molecular weight excluding hydrogens is 637 g/mol. The van der Waals surface area contributed by atoms with Crippen LogP contribution in [0.2, 0.25) is 0 Å². The van der Waals surface area contributed by atoms with Crippen molar-refractivity contribution in [2.75, 3.05) is 47.5 Å². The molecule has 0 saturated carbocycles. The Morgan fingerprint density at radius 3 is 1.63 bits per heavy atom. The molecule has 1 unspecified atom stereocenters. The fraction of sp³-hybridized carbons (Fsp3) is 0.825. The second-order valence-electron chi connectivity index (χ2n) is 14.4. The van der Waals surface area contributed by atoms with Crippen LogP contribution in [-0.4, -0.2) is 69.0 Å². The van der Waals surface area contributed by atoms with Crippen molar-refractivity contribution in [1.82, 2.24) is 0 Å². The summed E-state index contributed by atoms with van der Waals surface area (Å²) in [4.78, 5) is 22.5. The van der Waals surface area contributed by atoms with E-state index in [2.05, 4.69) is 38.2 Å². The van der Waals surface area contributed by atoms with Crippen molar-refractivity contribution in [1.29, 1.82) is 0 Å². The number of unbranched alkanes of at least 4 members (excludes halogenated alkanes) is 18. The summed E-state index contributed by atoms with van der Waals surface area (Å²) in [6.45, 7) is 4.83. The van der Waals surface area contributed by atoms with Gasteiger partial charge in [-0.15, -0.1) is 0 Å². The van der Waals surface area contributed by atoms with Crippen molar-refractivity contribution >= 4 is 13.8 Å². The zero-order chi connectivity index (χ0) is 36.3. The minimum Gasteiger partial charge on any atom is -0.492 e. The third kappa shape index (κ3) is 37.6. The number of likely N-dealkylation sites (N-methyl/N-ethyl adjacent to an activating group) is 1. The molecule has 0 amide bonds. The molecule has 0 aromatic rings. The van der Waals surface area contributed by atoms with E-state index in [1.54, 1.807) is 6.26 Å². The maximum atomic E-state index is 12.4. The van der Waals surface area contributed by atoms with Crippen molar-refractivity contribution in [2.24, 2.45) is 0 Å². The molecule has 0 spiro atoms. The lowest BCUT2D eigenvalue weighted by Gasteiger charge is -2.24. The number of nitrogens with zero attached hydrogens (tertiary/aromatic N) is 1. The number of rotatable bonds is 36. The number of quaternary nitrogens is 1. The monoisotopic (exact) mass is 715 g/mol. The van der Waals surface area contributed by atoms with Gasteiger partial charge in [0.25, 0.3) is 0 Å². The van der Waals surface area contributed by atoms with Crippen molar-refractivity contribution in [3.8, 4) is 0 Å². The lowest BCUT2D eigenvalue weighted by Crippen LogP contribution is -2.37. The zero-order valence-corrected chi connectivity index (χ0v) is 33.3. The number of phosphoric acid groups is 1. The van der Waals surface area contributed by atoms with Crippen LogP contribution in [0.25, 0.3) is 0 Å². The second-order valence-corrected chi connectivity index (χ2v) is 15.8. The van der Waals surface area contributed by atoms with Crippen LogP contribution in [0.15, 0.2) is 36.6 Å². The Morgan fingerprint density at radius 2 is 1.10 bits per heavy atom. The highest BCUT2D eigenvalue weighted by Gasteiger charge is 2.25. The van der Waals surface area contributed by atoms with Crippen molar-refractivity contribution in [2.45, 2.75) is 168 Å². The molecule has 2 atom stereocenters. The van der Waals surface area contributed by atoms with E-state index in [0.29, 0.717) is 17.4 Å². The quantitative estimate of drug-likeness (QED) is 0.0172. The molecule has 0 fully saturated rings. The van der Waals surface area contributed by atoms with Crippen LogP contribution in [-0.2, 0) is 27.9 Å². The van der Waals surface area contributed by atoms with Crippen LogP contribution in [0.5, 0.6) is 0 Å². The SMILES string of the molecule is CCCC/C=C\CCCCCCCC(=O)OC[C@H](COP(=O)(O)OCC[N+](C)(C)C)O/C=C\CCCCCCCC/C=C\CCCCCC. The van der Waals surface area contributed by atoms with Gasteiger partial charge in [0.05, 0.1) is 34.0 Å². The predicted octanol–water partition coefficient (Wildman–Crippen LogP) is 11.4. The van der Waals surface area contributed by atoms with Crippen molar-refractivity contribution in [3.05, 3.63) is 36.6 Å². The number of hydrogen-bond donors (Lipinski definition) is 1. The maximum Gasteiger partial charge on any atom is 0.472 e. The number of hydrogen-bond acceptors (Lipinski definition) is 6. The summed E-state index contributed by atoms with van der Waals surface area (Å²) in [7, 11) is 1.66. The highest BCUT2D eigenvalue weighted by molar-refractivity contribution is 7.47. The molecule has 0 radical (unpaired) electrons. The van der Waals surface area contributed by atoms with Gasteiger partial charge in [-0.05, 0) is 70.3 Å². The molecule has 1 N–H and O–H groups in total. The van der Waals surface area contributed by atoms with Gasteiger partial charge in [0.15, 0.2) is 6.10 Å². The molecule has 0 bridgehead atoms. The Labute approximate surface area is 302 Å². The average Bonchev–Trinajstić information content (AvgIpc) is 3.05. The molecule has 0 saturated heterocycles. The molecule has 0 heterocycles. The topological polar surface area (TPSA) is 91.3 Å². The summed E-state index contributed by atoms with van der Waals surface area (Å²) in [5.74, 6) is -0.291. The standard InChI is InChI=1S/C40H76NO7P/c1-6-8-10-12-14-16-18-19-20-21-22-24-26-28-30-32-35-45-39(38-48-49(43,44)47-36-34-41(3,4)5)37-46-40(42)33-31-29-27-25-23-17-15-13-11-9-7-2/h13,15-16,18,32,35,39H,6-12,14,17,19-31,33-34,36-38H2,1-5H3/p+1/b15-13-,18-16-,35-32-/t39-/m1/s1. The van der Waals surface area contributed by atoms with Gasteiger partial charge in [-0.2, -0.15) is 0 Å². The third-order valence-corrected chi connectivity index (χ3v) is 9.25. The minimum atomic E-state index is -4.26. The smallest absolute Gasteiger partial charge is 0.472 e. The zero-order valence-electron chi connectivity index (χ0n) is 32.4. The molecule has 0 aromatic carbocycles. The summed E-state index contributed by atoms with van der Waals surface area (Å²) in [5, 5.41) is 0. The van der Waals surface area contributed by atoms with Crippen LogP contribution in [0.3, 0.4) is 0 Å². The number of carbonyl (C=O) groups excluding carboxylic acids is 1. The van der Waals surface area contributed by atoms with Gasteiger partial charge in [0, 0.05) is 6.42 Å². The fourth-order valence-electron chi connectivity index (χ4n) is 5.04. The first-order chi connectivity index (χ1) is 23.6. The van der Waals surface area contributed by atoms with Crippen LogP contribution >= 0.6 is 7.82 Å². The summed E-state index contributed by atoms with van der Waals surface area (Å²) in [6.07, 6.45) is 38.4. The summed E-state index contributed by atoms with van der Waals surface area (Å²) >= 11 is 0. The molecule has 0 rings (SSSR count). The summed E-state index contributed by atoms with van der Waals surface area (Å²) in [5.41, 5.74) is 0. The molecule has 9 heteroatoms. The first kappa shape index (κ1) is 47.6. The molecule has 0 aliphatic heterocycles. The highest BCUT2D eigenvalue weighted by Crippen LogP contribution is 2.43.